The van der Waals surface area contributed by atoms with Crippen LogP contribution in [0.2, 0.25) is 10.0 Å². The second kappa shape index (κ2) is 8.59. The molecule has 2 fully saturated rings. The maximum atomic E-state index is 12.2. The summed E-state index contributed by atoms with van der Waals surface area (Å²) in [4.78, 5) is 11.5. The van der Waals surface area contributed by atoms with Crippen molar-refractivity contribution < 1.29 is 18.3 Å². The van der Waals surface area contributed by atoms with E-state index in [0.29, 0.717) is 41.5 Å². The largest absolute Gasteiger partial charge is 0.478 e. The van der Waals surface area contributed by atoms with Crippen LogP contribution >= 0.6 is 23.2 Å². The van der Waals surface area contributed by atoms with E-state index in [-0.39, 0.29) is 16.4 Å². The zero-order chi connectivity index (χ0) is 24.0. The molecule has 33 heavy (non-hydrogen) atoms. The van der Waals surface area contributed by atoms with Gasteiger partial charge < -0.3 is 5.11 Å². The van der Waals surface area contributed by atoms with Crippen LogP contribution in [-0.2, 0) is 22.9 Å². The van der Waals surface area contributed by atoms with E-state index in [1.54, 1.807) is 28.6 Å². The third-order valence-electron chi connectivity index (χ3n) is 7.33. The fourth-order valence-corrected chi connectivity index (χ4v) is 6.72. The molecule has 0 bridgehead atoms. The van der Waals surface area contributed by atoms with Gasteiger partial charge in [-0.2, -0.15) is 5.26 Å². The van der Waals surface area contributed by atoms with Gasteiger partial charge in [0.15, 0.2) is 0 Å². The highest BCUT2D eigenvalue weighted by Crippen LogP contribution is 2.72. The summed E-state index contributed by atoms with van der Waals surface area (Å²) in [5.74, 6) is -1.01. The fourth-order valence-electron chi connectivity index (χ4n) is 5.39. The van der Waals surface area contributed by atoms with Crippen molar-refractivity contribution in [3.05, 3.63) is 68.7 Å². The SMILES string of the molecule is CS(=O)(=O)N1CC[C@@]2(C1)C[C@@]2(CCc1ccc(C#N)c(Cl)c1)Cc1cc(C(=O)O)ccc1Cl. The molecule has 2 aliphatic rings. The number of hydrogen-bond acceptors (Lipinski definition) is 4. The molecule has 1 aliphatic heterocycles. The summed E-state index contributed by atoms with van der Waals surface area (Å²) >= 11 is 12.7. The molecular formula is C24H24Cl2N2O4S. The third-order valence-corrected chi connectivity index (χ3v) is 9.26. The Morgan fingerprint density at radius 2 is 1.97 bits per heavy atom. The number of nitrogens with zero attached hydrogens (tertiary/aromatic N) is 2. The minimum atomic E-state index is -3.28. The van der Waals surface area contributed by atoms with E-state index in [1.165, 1.54) is 12.3 Å². The van der Waals surface area contributed by atoms with E-state index in [4.69, 9.17) is 28.5 Å². The van der Waals surface area contributed by atoms with Gasteiger partial charge in [0.1, 0.15) is 6.07 Å². The minimum absolute atomic E-state index is 0.158. The summed E-state index contributed by atoms with van der Waals surface area (Å²) in [6.45, 7) is 0.961. The zero-order valence-corrected chi connectivity index (χ0v) is 20.5. The van der Waals surface area contributed by atoms with Gasteiger partial charge in [-0.3, -0.25) is 0 Å². The van der Waals surface area contributed by atoms with E-state index >= 15 is 0 Å². The summed E-state index contributed by atoms with van der Waals surface area (Å²) < 4.78 is 25.9. The smallest absolute Gasteiger partial charge is 0.335 e. The van der Waals surface area contributed by atoms with Crippen LogP contribution in [0.25, 0.3) is 0 Å². The quantitative estimate of drug-likeness (QED) is 0.582. The van der Waals surface area contributed by atoms with Crippen molar-refractivity contribution in [2.75, 3.05) is 19.3 Å². The van der Waals surface area contributed by atoms with E-state index in [9.17, 15) is 18.3 Å². The second-order valence-corrected chi connectivity index (χ2v) is 12.1. The van der Waals surface area contributed by atoms with Gasteiger partial charge in [0.25, 0.3) is 0 Å². The first kappa shape index (κ1) is 24.0. The fraction of sp³-hybridized carbons (Fsp3) is 0.417. The first-order chi connectivity index (χ1) is 15.5. The molecule has 2 aromatic rings. The number of hydrogen-bond donors (Lipinski definition) is 1. The lowest BCUT2D eigenvalue weighted by Gasteiger charge is -2.24. The van der Waals surface area contributed by atoms with Crippen LogP contribution in [0.15, 0.2) is 36.4 Å². The molecule has 174 valence electrons. The van der Waals surface area contributed by atoms with Crippen LogP contribution in [-0.4, -0.2) is 43.1 Å². The maximum Gasteiger partial charge on any atom is 0.335 e. The summed E-state index contributed by atoms with van der Waals surface area (Å²) in [6, 6.07) is 12.2. The predicted molar refractivity (Wildman–Crippen MR) is 127 cm³/mol. The predicted octanol–water partition coefficient (Wildman–Crippen LogP) is 4.78. The Kier molecular flexibility index (Phi) is 6.25. The van der Waals surface area contributed by atoms with Crippen molar-refractivity contribution in [1.82, 2.24) is 4.31 Å². The van der Waals surface area contributed by atoms with Crippen molar-refractivity contribution in [2.24, 2.45) is 10.8 Å². The Bertz CT molecular complexity index is 1270. The number of carbonyl (C=O) groups is 1. The van der Waals surface area contributed by atoms with Gasteiger partial charge in [0, 0.05) is 18.1 Å². The summed E-state index contributed by atoms with van der Waals surface area (Å²) in [7, 11) is -3.28. The Labute approximate surface area is 203 Å². The van der Waals surface area contributed by atoms with Crippen LogP contribution in [0.5, 0.6) is 0 Å². The van der Waals surface area contributed by atoms with Crippen molar-refractivity contribution in [2.45, 2.75) is 32.1 Å². The standard InChI is InChI=1S/C24H24Cl2N2O4S/c1-33(31,32)28-9-8-24(15-28)14-23(24,7-6-16-2-3-18(13-27)21(26)10-16)12-19-11-17(22(29)30)4-5-20(19)25/h2-5,10-11H,6-9,12,14-15H2,1H3,(H,29,30)/t23-,24+/m1/s1. The zero-order valence-electron chi connectivity index (χ0n) is 18.1. The van der Waals surface area contributed by atoms with Gasteiger partial charge in [0.2, 0.25) is 10.0 Å². The molecule has 1 heterocycles. The molecular weight excluding hydrogens is 483 g/mol. The Balaban J connectivity index is 1.63. The lowest BCUT2D eigenvalue weighted by Crippen LogP contribution is -2.29. The van der Waals surface area contributed by atoms with Crippen LogP contribution < -0.4 is 0 Å². The molecule has 1 aliphatic carbocycles. The minimum Gasteiger partial charge on any atom is -0.478 e. The molecule has 4 rings (SSSR count). The van der Waals surface area contributed by atoms with Crippen LogP contribution in [0, 0.1) is 22.2 Å². The molecule has 2 aromatic carbocycles. The molecule has 1 spiro atoms. The van der Waals surface area contributed by atoms with Crippen LogP contribution in [0.1, 0.15) is 46.3 Å². The normalized spacial score (nSPS) is 24.7. The van der Waals surface area contributed by atoms with E-state index in [1.807, 2.05) is 6.07 Å². The lowest BCUT2D eigenvalue weighted by atomic mass is 9.81. The van der Waals surface area contributed by atoms with Crippen molar-refractivity contribution in [1.29, 1.82) is 5.26 Å². The Morgan fingerprint density at radius 1 is 1.21 bits per heavy atom. The molecule has 2 atom stereocenters. The average molecular weight is 507 g/mol. The number of carboxylic acid groups (broad SMARTS) is 1. The number of aromatic carboxylic acids is 1. The van der Waals surface area contributed by atoms with Crippen LogP contribution in [0.3, 0.4) is 0 Å². The molecule has 9 heteroatoms. The molecule has 0 unspecified atom stereocenters. The van der Waals surface area contributed by atoms with Gasteiger partial charge in [-0.1, -0.05) is 29.3 Å². The highest BCUT2D eigenvalue weighted by Gasteiger charge is 2.68. The number of rotatable bonds is 7. The number of sulfonamides is 1. The number of benzene rings is 2. The Hall–Kier alpha value is -2.11. The molecule has 1 saturated heterocycles. The van der Waals surface area contributed by atoms with Crippen molar-refractivity contribution in [3.63, 3.8) is 0 Å². The molecule has 0 radical (unpaired) electrons. The number of nitriles is 1. The van der Waals surface area contributed by atoms with Gasteiger partial charge >= 0.3 is 5.97 Å². The molecule has 0 aromatic heterocycles. The van der Waals surface area contributed by atoms with Gasteiger partial charge in [-0.05, 0) is 84.4 Å². The molecule has 6 nitrogen and oxygen atoms in total. The number of aryl methyl sites for hydroxylation is 1. The highest BCUT2D eigenvalue weighted by atomic mass is 35.5. The Morgan fingerprint density at radius 3 is 2.58 bits per heavy atom. The molecule has 1 saturated carbocycles. The van der Waals surface area contributed by atoms with Crippen molar-refractivity contribution in [3.8, 4) is 6.07 Å². The second-order valence-electron chi connectivity index (χ2n) is 9.30. The van der Waals surface area contributed by atoms with Gasteiger partial charge in [-0.25, -0.2) is 17.5 Å². The maximum absolute atomic E-state index is 12.2. The average Bonchev–Trinajstić information content (AvgIpc) is 3.10. The molecule has 0 amide bonds. The first-order valence-corrected chi connectivity index (χ1v) is 13.2. The third kappa shape index (κ3) is 4.63. The number of halogens is 2. The van der Waals surface area contributed by atoms with Gasteiger partial charge in [0.05, 0.1) is 22.4 Å². The highest BCUT2D eigenvalue weighted by molar-refractivity contribution is 7.88. The number of carboxylic acids is 1. The van der Waals surface area contributed by atoms with E-state index in [2.05, 4.69) is 6.07 Å². The van der Waals surface area contributed by atoms with Crippen molar-refractivity contribution >= 4 is 39.2 Å². The monoisotopic (exact) mass is 506 g/mol. The van der Waals surface area contributed by atoms with E-state index < -0.39 is 16.0 Å². The summed E-state index contributed by atoms with van der Waals surface area (Å²) in [5, 5.41) is 19.5. The first-order valence-electron chi connectivity index (χ1n) is 10.6. The summed E-state index contributed by atoms with van der Waals surface area (Å²) in [6.07, 6.45) is 4.92. The summed E-state index contributed by atoms with van der Waals surface area (Å²) in [5.41, 5.74) is 2.02. The van der Waals surface area contributed by atoms with E-state index in [0.717, 1.165) is 30.4 Å². The molecule has 1 N–H and O–H groups in total. The topological polar surface area (TPSA) is 98.5 Å². The lowest BCUT2D eigenvalue weighted by molar-refractivity contribution is 0.0696. The van der Waals surface area contributed by atoms with Gasteiger partial charge in [-0.15, -0.1) is 0 Å². The van der Waals surface area contributed by atoms with Crippen LogP contribution in [0.4, 0.5) is 0 Å².